The van der Waals surface area contributed by atoms with Gasteiger partial charge in [-0.25, -0.2) is 0 Å². The van der Waals surface area contributed by atoms with Gasteiger partial charge in [-0.2, -0.15) is 0 Å². The van der Waals surface area contributed by atoms with E-state index in [-0.39, 0.29) is 29.5 Å². The molecular weight excluding hydrogens is 352 g/mol. The van der Waals surface area contributed by atoms with Crippen LogP contribution in [0.2, 0.25) is 0 Å². The zero-order chi connectivity index (χ0) is 22.0. The molecule has 4 N–H and O–H groups in total. The number of allylic oxidation sites excluding steroid dienone is 13. The van der Waals surface area contributed by atoms with Crippen molar-refractivity contribution in [2.75, 3.05) is 0 Å². The zero-order valence-electron chi connectivity index (χ0n) is 17.5. The lowest BCUT2D eigenvalue weighted by atomic mass is 9.87. The van der Waals surface area contributed by atoms with Crippen LogP contribution in [0.3, 0.4) is 0 Å². The minimum Gasteiger partial charge on any atom is -0.513 e. The van der Waals surface area contributed by atoms with Crippen molar-refractivity contribution in [1.29, 1.82) is 0 Å². The Morgan fingerprint density at radius 3 is 1.64 bits per heavy atom. The van der Waals surface area contributed by atoms with Gasteiger partial charge in [-0.05, 0) is 75.6 Å². The van der Waals surface area contributed by atoms with Crippen molar-refractivity contribution >= 4 is 0 Å². The van der Waals surface area contributed by atoms with E-state index >= 15 is 0 Å². The van der Waals surface area contributed by atoms with Gasteiger partial charge in [0.1, 0.15) is 11.5 Å². The van der Waals surface area contributed by atoms with Gasteiger partial charge in [0.25, 0.3) is 0 Å². The maximum Gasteiger partial charge on any atom is 0.119 e. The fraction of sp³-hybridized carbons (Fsp3) is 0.250. The van der Waals surface area contributed by atoms with Crippen LogP contribution in [-0.2, 0) is 0 Å². The molecule has 0 bridgehead atoms. The predicted molar refractivity (Wildman–Crippen MR) is 118 cm³/mol. The molecule has 0 radical (unpaired) electrons. The third-order valence-electron chi connectivity index (χ3n) is 4.07. The molecule has 0 atom stereocenters. The van der Waals surface area contributed by atoms with Gasteiger partial charge >= 0.3 is 0 Å². The smallest absolute Gasteiger partial charge is 0.119 e. The predicted octanol–water partition coefficient (Wildman–Crippen LogP) is 7.14. The molecule has 0 rings (SSSR count). The standard InChI is InChI=1S/C24H32O4/c1-9-16(6)21(12-17(7)25)23(24(28)11-3)14-22(18(8)26)20(15(4)5)13-19(27)10-2/h9-13,25-28H,1-3,14H2,4-8H3/b17-12+,19-13+,21-16+,22-18+,24-23+. The highest BCUT2D eigenvalue weighted by atomic mass is 16.3. The molecule has 0 aromatic heterocycles. The van der Waals surface area contributed by atoms with Gasteiger partial charge in [0, 0.05) is 17.6 Å². The summed E-state index contributed by atoms with van der Waals surface area (Å²) < 4.78 is 0. The molecular formula is C24H32O4. The Balaban J connectivity index is 6.85. The molecule has 0 aliphatic carbocycles. The van der Waals surface area contributed by atoms with Crippen LogP contribution in [0.4, 0.5) is 0 Å². The van der Waals surface area contributed by atoms with Crippen LogP contribution in [0, 0.1) is 0 Å². The number of aliphatic hydroxyl groups excluding tert-OH is 4. The molecule has 0 spiro atoms. The Morgan fingerprint density at radius 1 is 0.714 bits per heavy atom. The first-order chi connectivity index (χ1) is 13.0. The van der Waals surface area contributed by atoms with Crippen molar-refractivity contribution in [2.45, 2.75) is 41.0 Å². The topological polar surface area (TPSA) is 80.9 Å². The fourth-order valence-corrected chi connectivity index (χ4v) is 2.54. The van der Waals surface area contributed by atoms with Crippen molar-refractivity contribution in [3.8, 4) is 0 Å². The molecule has 0 fully saturated rings. The van der Waals surface area contributed by atoms with Crippen LogP contribution in [0.25, 0.3) is 0 Å². The van der Waals surface area contributed by atoms with Crippen LogP contribution in [0.1, 0.15) is 41.0 Å². The van der Waals surface area contributed by atoms with E-state index in [1.807, 2.05) is 13.8 Å². The van der Waals surface area contributed by atoms with Crippen LogP contribution in [-0.4, -0.2) is 20.4 Å². The second kappa shape index (κ2) is 11.5. The summed E-state index contributed by atoms with van der Waals surface area (Å²) in [5.41, 5.74) is 3.73. The molecule has 28 heavy (non-hydrogen) atoms. The fourth-order valence-electron chi connectivity index (χ4n) is 2.54. The Kier molecular flexibility index (Phi) is 10.3. The summed E-state index contributed by atoms with van der Waals surface area (Å²) in [5, 5.41) is 40.6. The first kappa shape index (κ1) is 24.9. The van der Waals surface area contributed by atoms with E-state index in [2.05, 4.69) is 19.7 Å². The maximum atomic E-state index is 10.5. The zero-order valence-corrected chi connectivity index (χ0v) is 17.5. The molecule has 0 aromatic carbocycles. The monoisotopic (exact) mass is 384 g/mol. The Hall–Kier alpha value is -3.14. The normalized spacial score (nSPS) is 15.0. The largest absolute Gasteiger partial charge is 0.513 e. The van der Waals surface area contributed by atoms with E-state index in [4.69, 9.17) is 0 Å². The van der Waals surface area contributed by atoms with E-state index in [9.17, 15) is 20.4 Å². The van der Waals surface area contributed by atoms with Gasteiger partial charge in [-0.15, -0.1) is 0 Å². The average Bonchev–Trinajstić information content (AvgIpc) is 2.63. The summed E-state index contributed by atoms with van der Waals surface area (Å²) in [6.07, 6.45) is 7.39. The van der Waals surface area contributed by atoms with Crippen molar-refractivity contribution in [3.05, 3.63) is 107 Å². The van der Waals surface area contributed by atoms with Gasteiger partial charge in [-0.1, -0.05) is 31.4 Å². The Morgan fingerprint density at radius 2 is 1.29 bits per heavy atom. The van der Waals surface area contributed by atoms with Gasteiger partial charge in [-0.3, -0.25) is 0 Å². The molecule has 0 aliphatic heterocycles. The molecule has 152 valence electrons. The highest BCUT2D eigenvalue weighted by Crippen LogP contribution is 2.33. The molecule has 0 aliphatic rings. The summed E-state index contributed by atoms with van der Waals surface area (Å²) in [4.78, 5) is 0. The van der Waals surface area contributed by atoms with Crippen LogP contribution in [0.15, 0.2) is 107 Å². The van der Waals surface area contributed by atoms with Gasteiger partial charge in [0.15, 0.2) is 0 Å². The van der Waals surface area contributed by atoms with Crippen LogP contribution >= 0.6 is 0 Å². The van der Waals surface area contributed by atoms with E-state index in [0.29, 0.717) is 22.3 Å². The van der Waals surface area contributed by atoms with Crippen molar-refractivity contribution in [3.63, 3.8) is 0 Å². The lowest BCUT2D eigenvalue weighted by Crippen LogP contribution is -2.03. The lowest BCUT2D eigenvalue weighted by molar-refractivity contribution is 0.404. The number of hydrogen-bond donors (Lipinski definition) is 4. The third kappa shape index (κ3) is 7.23. The molecule has 0 saturated heterocycles. The molecule has 0 unspecified atom stereocenters. The summed E-state index contributed by atoms with van der Waals surface area (Å²) in [5.74, 6) is -0.0301. The highest BCUT2D eigenvalue weighted by molar-refractivity contribution is 5.55. The first-order valence-corrected chi connectivity index (χ1v) is 8.85. The van der Waals surface area contributed by atoms with Gasteiger partial charge < -0.3 is 20.4 Å². The number of rotatable bonds is 9. The molecule has 0 amide bonds. The lowest BCUT2D eigenvalue weighted by Gasteiger charge is -2.18. The van der Waals surface area contributed by atoms with Gasteiger partial charge in [0.05, 0.1) is 11.5 Å². The highest BCUT2D eigenvalue weighted by Gasteiger charge is 2.18. The third-order valence-corrected chi connectivity index (χ3v) is 4.07. The second-order valence-corrected chi connectivity index (χ2v) is 6.58. The minimum atomic E-state index is -0.0857. The van der Waals surface area contributed by atoms with E-state index in [1.54, 1.807) is 13.0 Å². The van der Waals surface area contributed by atoms with E-state index in [0.717, 1.165) is 11.1 Å². The molecule has 0 heterocycles. The summed E-state index contributed by atoms with van der Waals surface area (Å²) in [6, 6.07) is 0. The van der Waals surface area contributed by atoms with Crippen molar-refractivity contribution < 1.29 is 20.4 Å². The van der Waals surface area contributed by atoms with Gasteiger partial charge in [0.2, 0.25) is 0 Å². The van der Waals surface area contributed by atoms with Crippen molar-refractivity contribution in [1.82, 2.24) is 0 Å². The van der Waals surface area contributed by atoms with Crippen LogP contribution in [0.5, 0.6) is 0 Å². The number of hydrogen-bond acceptors (Lipinski definition) is 4. The molecule has 0 saturated carbocycles. The molecule has 0 aromatic rings. The quantitative estimate of drug-likeness (QED) is 0.252. The molecule has 4 nitrogen and oxygen atoms in total. The van der Waals surface area contributed by atoms with Crippen molar-refractivity contribution in [2.24, 2.45) is 0 Å². The Bertz CT molecular complexity index is 813. The number of aliphatic hydroxyl groups is 4. The summed E-state index contributed by atoms with van der Waals surface area (Å²) in [7, 11) is 0. The average molecular weight is 385 g/mol. The SMILES string of the molecule is C=C/C(O)=C\C(=C(C)C)/C(CC(=C(\O)C=C)/C(/C=C(\C)O)=C(\C)C=C)=C(\C)O. The van der Waals surface area contributed by atoms with Crippen LogP contribution < -0.4 is 0 Å². The maximum absolute atomic E-state index is 10.5. The second-order valence-electron chi connectivity index (χ2n) is 6.58. The van der Waals surface area contributed by atoms with E-state index < -0.39 is 0 Å². The Labute approximate surface area is 168 Å². The molecule has 4 heteroatoms. The summed E-state index contributed by atoms with van der Waals surface area (Å²) in [6.45, 7) is 19.5. The first-order valence-electron chi connectivity index (χ1n) is 8.85. The van der Waals surface area contributed by atoms with E-state index in [1.165, 1.54) is 38.2 Å². The summed E-state index contributed by atoms with van der Waals surface area (Å²) >= 11 is 0. The minimum absolute atomic E-state index is 0.0407.